The lowest BCUT2D eigenvalue weighted by Gasteiger charge is -2.19. The van der Waals surface area contributed by atoms with Crippen LogP contribution in [0.3, 0.4) is 0 Å². The summed E-state index contributed by atoms with van der Waals surface area (Å²) in [4.78, 5) is 7.04. The Bertz CT molecular complexity index is 547. The lowest BCUT2D eigenvalue weighted by Crippen LogP contribution is -2.41. The van der Waals surface area contributed by atoms with Crippen molar-refractivity contribution in [3.05, 3.63) is 35.4 Å². The van der Waals surface area contributed by atoms with Crippen LogP contribution < -0.4 is 10.6 Å². The Kier molecular flexibility index (Phi) is 5.77. The summed E-state index contributed by atoms with van der Waals surface area (Å²) >= 11 is 0. The fraction of sp³-hybridized carbons (Fsp3) is 0.650. The lowest BCUT2D eigenvalue weighted by molar-refractivity contribution is 0.314. The van der Waals surface area contributed by atoms with Crippen LogP contribution in [0.2, 0.25) is 0 Å². The molecule has 0 amide bonds. The number of nitrogens with zero attached hydrogens (tertiary/aromatic N) is 2. The van der Waals surface area contributed by atoms with Gasteiger partial charge in [-0.3, -0.25) is 4.99 Å². The average molecular weight is 329 g/mol. The first-order valence-corrected chi connectivity index (χ1v) is 9.41. The fourth-order valence-electron chi connectivity index (χ4n) is 3.52. The van der Waals surface area contributed by atoms with Gasteiger partial charge in [-0.2, -0.15) is 0 Å². The summed E-state index contributed by atoms with van der Waals surface area (Å²) in [5, 5.41) is 7.00. The van der Waals surface area contributed by atoms with Crippen molar-refractivity contribution in [2.45, 2.75) is 45.1 Å². The van der Waals surface area contributed by atoms with Gasteiger partial charge in [0, 0.05) is 32.7 Å². The largest absolute Gasteiger partial charge is 0.356 e. The number of nitrogens with one attached hydrogen (secondary N) is 2. The molecule has 2 unspecified atom stereocenters. The highest BCUT2D eigenvalue weighted by Crippen LogP contribution is 2.31. The summed E-state index contributed by atoms with van der Waals surface area (Å²) in [5.74, 6) is 2.17. The standard InChI is InChI=1S/C20H32N4/c1-15-4-6-18(7-5-15)16(2)12-22-20(21-3)23-13-17-10-11-24(14-17)19-8-9-19/h4-7,16-17,19H,8-14H2,1-3H3,(H2,21,22,23). The number of aliphatic imine (C=N–C) groups is 1. The van der Waals surface area contributed by atoms with Crippen LogP contribution in [-0.4, -0.2) is 50.1 Å². The Hall–Kier alpha value is -1.55. The van der Waals surface area contributed by atoms with Crippen LogP contribution >= 0.6 is 0 Å². The summed E-state index contributed by atoms with van der Waals surface area (Å²) in [7, 11) is 1.86. The highest BCUT2D eigenvalue weighted by molar-refractivity contribution is 5.79. The number of guanidine groups is 1. The van der Waals surface area contributed by atoms with E-state index < -0.39 is 0 Å². The minimum absolute atomic E-state index is 0.473. The SMILES string of the molecule is CN=C(NCC1CCN(C2CC2)C1)NCC(C)c1ccc(C)cc1. The molecule has 2 fully saturated rings. The van der Waals surface area contributed by atoms with Crippen LogP contribution in [0.1, 0.15) is 43.2 Å². The highest BCUT2D eigenvalue weighted by atomic mass is 15.2. The van der Waals surface area contributed by atoms with Crippen LogP contribution in [0.4, 0.5) is 0 Å². The van der Waals surface area contributed by atoms with Crippen molar-refractivity contribution in [1.29, 1.82) is 0 Å². The Morgan fingerprint density at radius 1 is 1.21 bits per heavy atom. The summed E-state index contributed by atoms with van der Waals surface area (Å²) < 4.78 is 0. The molecule has 1 saturated carbocycles. The highest BCUT2D eigenvalue weighted by Gasteiger charge is 2.34. The molecule has 1 aliphatic carbocycles. The molecule has 1 aromatic rings. The summed E-state index contributed by atoms with van der Waals surface area (Å²) in [5.41, 5.74) is 2.69. The zero-order chi connectivity index (χ0) is 16.9. The van der Waals surface area contributed by atoms with Crippen LogP contribution in [-0.2, 0) is 0 Å². The lowest BCUT2D eigenvalue weighted by atomic mass is 10.0. The number of hydrogen-bond acceptors (Lipinski definition) is 2. The maximum atomic E-state index is 4.38. The summed E-state index contributed by atoms with van der Waals surface area (Å²) in [6.45, 7) is 8.87. The quantitative estimate of drug-likeness (QED) is 0.623. The van der Waals surface area contributed by atoms with Crippen molar-refractivity contribution in [3.63, 3.8) is 0 Å². The molecule has 0 aromatic heterocycles. The Morgan fingerprint density at radius 3 is 2.62 bits per heavy atom. The smallest absolute Gasteiger partial charge is 0.191 e. The molecule has 1 aliphatic heterocycles. The van der Waals surface area contributed by atoms with Crippen molar-refractivity contribution in [2.24, 2.45) is 10.9 Å². The van der Waals surface area contributed by atoms with Gasteiger partial charge in [0.05, 0.1) is 0 Å². The van der Waals surface area contributed by atoms with Gasteiger partial charge >= 0.3 is 0 Å². The molecule has 2 N–H and O–H groups in total. The molecule has 0 radical (unpaired) electrons. The molecule has 3 rings (SSSR count). The molecule has 0 spiro atoms. The maximum Gasteiger partial charge on any atom is 0.191 e. The molecule has 4 nitrogen and oxygen atoms in total. The van der Waals surface area contributed by atoms with Gasteiger partial charge < -0.3 is 15.5 Å². The van der Waals surface area contributed by atoms with Crippen LogP contribution in [0.15, 0.2) is 29.3 Å². The van der Waals surface area contributed by atoms with Crippen molar-refractivity contribution < 1.29 is 0 Å². The molecule has 0 bridgehead atoms. The molecule has 4 heteroatoms. The Morgan fingerprint density at radius 2 is 1.96 bits per heavy atom. The van der Waals surface area contributed by atoms with Gasteiger partial charge in [-0.1, -0.05) is 36.8 Å². The van der Waals surface area contributed by atoms with Gasteiger partial charge in [0.25, 0.3) is 0 Å². The van der Waals surface area contributed by atoms with E-state index in [9.17, 15) is 0 Å². The predicted octanol–water partition coefficient (Wildman–Crippen LogP) is 2.75. The van der Waals surface area contributed by atoms with Gasteiger partial charge in [-0.05, 0) is 50.1 Å². The van der Waals surface area contributed by atoms with E-state index in [1.54, 1.807) is 0 Å². The second-order valence-electron chi connectivity index (χ2n) is 7.53. The van der Waals surface area contributed by atoms with Gasteiger partial charge in [-0.15, -0.1) is 0 Å². The monoisotopic (exact) mass is 328 g/mol. The van der Waals surface area contributed by atoms with Crippen molar-refractivity contribution in [2.75, 3.05) is 33.2 Å². The minimum Gasteiger partial charge on any atom is -0.356 e. The maximum absolute atomic E-state index is 4.38. The van der Waals surface area contributed by atoms with Crippen LogP contribution in [0.25, 0.3) is 0 Å². The molecule has 1 aromatic carbocycles. The van der Waals surface area contributed by atoms with Gasteiger partial charge in [0.1, 0.15) is 0 Å². The van der Waals surface area contributed by atoms with Gasteiger partial charge in [0.15, 0.2) is 5.96 Å². The van der Waals surface area contributed by atoms with E-state index in [4.69, 9.17) is 0 Å². The second kappa shape index (κ2) is 8.02. The first kappa shape index (κ1) is 17.3. The Balaban J connectivity index is 1.39. The molecule has 2 aliphatic rings. The minimum atomic E-state index is 0.473. The van der Waals surface area contributed by atoms with E-state index in [-0.39, 0.29) is 0 Å². The summed E-state index contributed by atoms with van der Waals surface area (Å²) in [6, 6.07) is 9.73. The normalized spacial score (nSPS) is 23.3. The van der Waals surface area contributed by atoms with E-state index in [0.29, 0.717) is 5.92 Å². The molecule has 1 saturated heterocycles. The molecule has 1 heterocycles. The number of benzene rings is 1. The first-order chi connectivity index (χ1) is 11.7. The fourth-order valence-corrected chi connectivity index (χ4v) is 3.52. The number of rotatable bonds is 6. The van der Waals surface area contributed by atoms with E-state index in [1.807, 2.05) is 7.05 Å². The predicted molar refractivity (Wildman–Crippen MR) is 102 cm³/mol. The molecular weight excluding hydrogens is 296 g/mol. The third-order valence-corrected chi connectivity index (χ3v) is 5.38. The van der Waals surface area contributed by atoms with Gasteiger partial charge in [-0.25, -0.2) is 0 Å². The van der Waals surface area contributed by atoms with Gasteiger partial charge in [0.2, 0.25) is 0 Å². The zero-order valence-electron chi connectivity index (χ0n) is 15.4. The van der Waals surface area contributed by atoms with E-state index in [0.717, 1.165) is 31.0 Å². The average Bonchev–Trinajstić information content (AvgIpc) is 3.34. The van der Waals surface area contributed by atoms with Crippen LogP contribution in [0.5, 0.6) is 0 Å². The van der Waals surface area contributed by atoms with Crippen molar-refractivity contribution in [3.8, 4) is 0 Å². The van der Waals surface area contributed by atoms with Crippen molar-refractivity contribution >= 4 is 5.96 Å². The number of hydrogen-bond donors (Lipinski definition) is 2. The van der Waals surface area contributed by atoms with E-state index >= 15 is 0 Å². The topological polar surface area (TPSA) is 39.7 Å². The van der Waals surface area contributed by atoms with Crippen LogP contribution in [0, 0.1) is 12.8 Å². The Labute approximate surface area is 146 Å². The third kappa shape index (κ3) is 4.73. The van der Waals surface area contributed by atoms with E-state index in [1.165, 1.54) is 43.5 Å². The molecule has 24 heavy (non-hydrogen) atoms. The first-order valence-electron chi connectivity index (χ1n) is 9.41. The summed E-state index contributed by atoms with van der Waals surface area (Å²) in [6.07, 6.45) is 4.15. The van der Waals surface area contributed by atoms with Crippen molar-refractivity contribution in [1.82, 2.24) is 15.5 Å². The van der Waals surface area contributed by atoms with E-state index in [2.05, 4.69) is 58.6 Å². The molecular formula is C20H32N4. The molecule has 132 valence electrons. The number of likely N-dealkylation sites (tertiary alicyclic amines) is 1. The second-order valence-corrected chi connectivity index (χ2v) is 7.53. The number of aryl methyl sites for hydroxylation is 1. The third-order valence-electron chi connectivity index (χ3n) is 5.38. The molecule has 2 atom stereocenters. The zero-order valence-corrected chi connectivity index (χ0v) is 15.4.